The molecule has 2 nitrogen and oxygen atoms in total. The zero-order chi connectivity index (χ0) is 27.2. The van der Waals surface area contributed by atoms with E-state index < -0.39 is 0 Å². The van der Waals surface area contributed by atoms with Crippen molar-refractivity contribution in [2.24, 2.45) is 62.6 Å². The fourth-order valence-corrected chi connectivity index (χ4v) is 12.4. The molecule has 5 aliphatic rings. The van der Waals surface area contributed by atoms with Crippen LogP contribution in [0.25, 0.3) is 0 Å². The Morgan fingerprint density at radius 1 is 0.892 bits per heavy atom. The van der Waals surface area contributed by atoms with Crippen LogP contribution < -0.4 is 0 Å². The van der Waals surface area contributed by atoms with Crippen molar-refractivity contribution >= 4 is 5.97 Å². The summed E-state index contributed by atoms with van der Waals surface area (Å²) in [5.74, 6) is 4.42. The first-order chi connectivity index (χ1) is 17.2. The van der Waals surface area contributed by atoms with E-state index in [-0.39, 0.29) is 17.5 Å². The monoisotopic (exact) mass is 510 g/mol. The van der Waals surface area contributed by atoms with Crippen LogP contribution >= 0.6 is 0 Å². The van der Waals surface area contributed by atoms with E-state index in [2.05, 4.69) is 62.0 Å². The summed E-state index contributed by atoms with van der Waals surface area (Å²) in [4.78, 5) is 11.9. The molecule has 0 aromatic rings. The number of hydrogen-bond acceptors (Lipinski definition) is 2. The first-order valence-electron chi connectivity index (χ1n) is 16.1. The number of allylic oxidation sites excluding steroid dienone is 1. The first-order valence-corrected chi connectivity index (χ1v) is 16.1. The molecule has 0 aromatic carbocycles. The Hall–Kier alpha value is -0.790. The summed E-state index contributed by atoms with van der Waals surface area (Å²) in [6, 6.07) is 0. The SMILES string of the molecule is C=C(C(C)C)C(CC)CC(C)C1CCC2(C)C3CCC4C(C)(C)C(OC(C)=O)CCC45CC35CCC12C. The summed E-state index contributed by atoms with van der Waals surface area (Å²) in [5, 5.41) is 0. The molecule has 0 heterocycles. The van der Waals surface area contributed by atoms with Crippen molar-refractivity contribution in [2.75, 3.05) is 0 Å². The maximum atomic E-state index is 11.9. The van der Waals surface area contributed by atoms with Gasteiger partial charge in [-0.2, -0.15) is 0 Å². The van der Waals surface area contributed by atoms with Crippen molar-refractivity contribution in [3.8, 4) is 0 Å². The molecule has 10 atom stereocenters. The zero-order valence-electron chi connectivity index (χ0n) is 25.8. The summed E-state index contributed by atoms with van der Waals surface area (Å²) >= 11 is 0. The Labute approximate surface area is 229 Å². The second-order valence-electron chi connectivity index (χ2n) is 16.2. The van der Waals surface area contributed by atoms with Gasteiger partial charge < -0.3 is 4.74 Å². The molecule has 5 fully saturated rings. The molecule has 2 spiro atoms. The van der Waals surface area contributed by atoms with Gasteiger partial charge in [0.25, 0.3) is 0 Å². The molecule has 0 saturated heterocycles. The molecule has 0 radical (unpaired) electrons. The predicted octanol–water partition coefficient (Wildman–Crippen LogP) is 9.62. The highest BCUT2D eigenvalue weighted by atomic mass is 16.5. The lowest BCUT2D eigenvalue weighted by molar-refractivity contribution is -0.181. The van der Waals surface area contributed by atoms with Crippen LogP contribution in [0.4, 0.5) is 0 Å². The van der Waals surface area contributed by atoms with Gasteiger partial charge >= 0.3 is 5.97 Å². The van der Waals surface area contributed by atoms with Crippen molar-refractivity contribution in [1.29, 1.82) is 0 Å². The van der Waals surface area contributed by atoms with Crippen LogP contribution in [0.2, 0.25) is 0 Å². The maximum Gasteiger partial charge on any atom is 0.302 e. The summed E-state index contributed by atoms with van der Waals surface area (Å²) in [6.45, 7) is 26.1. The van der Waals surface area contributed by atoms with E-state index in [0.29, 0.717) is 39.4 Å². The average molecular weight is 511 g/mol. The zero-order valence-corrected chi connectivity index (χ0v) is 25.8. The quantitative estimate of drug-likeness (QED) is 0.252. The van der Waals surface area contributed by atoms with Gasteiger partial charge in [-0.25, -0.2) is 0 Å². The van der Waals surface area contributed by atoms with Crippen LogP contribution in [0.5, 0.6) is 0 Å². The molecule has 0 N–H and O–H groups in total. The van der Waals surface area contributed by atoms with Gasteiger partial charge in [0.15, 0.2) is 0 Å². The molecule has 5 saturated carbocycles. The summed E-state index contributed by atoms with van der Waals surface area (Å²) in [5.41, 5.74) is 3.62. The normalized spacial score (nSPS) is 47.2. The molecular weight excluding hydrogens is 452 g/mol. The highest BCUT2D eigenvalue weighted by Crippen LogP contribution is 2.89. The van der Waals surface area contributed by atoms with E-state index in [0.717, 1.165) is 24.2 Å². The van der Waals surface area contributed by atoms with Crippen LogP contribution in [0.3, 0.4) is 0 Å². The molecule has 0 aliphatic heterocycles. The minimum absolute atomic E-state index is 0.0948. The van der Waals surface area contributed by atoms with E-state index in [4.69, 9.17) is 4.74 Å². The molecular formula is C35H58O2. The Balaban J connectivity index is 1.38. The van der Waals surface area contributed by atoms with Crippen molar-refractivity contribution in [3.05, 3.63) is 12.2 Å². The van der Waals surface area contributed by atoms with Crippen LogP contribution in [-0.4, -0.2) is 12.1 Å². The topological polar surface area (TPSA) is 26.3 Å². The molecule has 0 amide bonds. The van der Waals surface area contributed by atoms with Gasteiger partial charge in [-0.15, -0.1) is 0 Å². The summed E-state index contributed by atoms with van der Waals surface area (Å²) < 4.78 is 5.93. The lowest BCUT2D eigenvalue weighted by Crippen LogP contribution is -2.58. The van der Waals surface area contributed by atoms with E-state index in [1.165, 1.54) is 69.8 Å². The standard InChI is InChI=1S/C35H58O2/c1-11-26(24(5)22(2)3)20-23(4)27-14-16-33(10)29-13-12-28-31(7,8)30(37-25(6)36)15-17-34(28)21-35(29,34)19-18-32(27,33)9/h22-23,26-30H,5,11-21H2,1-4,6-10H3. The van der Waals surface area contributed by atoms with E-state index in [9.17, 15) is 4.79 Å². The minimum atomic E-state index is -0.0948. The third-order valence-corrected chi connectivity index (χ3v) is 14.5. The van der Waals surface area contributed by atoms with Crippen molar-refractivity contribution in [3.63, 3.8) is 0 Å². The number of carbonyl (C=O) groups is 1. The summed E-state index contributed by atoms with van der Waals surface area (Å²) in [7, 11) is 0. The fourth-order valence-electron chi connectivity index (χ4n) is 12.4. The van der Waals surface area contributed by atoms with Crippen molar-refractivity contribution in [2.45, 2.75) is 139 Å². The number of hydrogen-bond donors (Lipinski definition) is 0. The molecule has 10 unspecified atom stereocenters. The molecule has 0 aromatic heterocycles. The molecule has 5 aliphatic carbocycles. The number of rotatable bonds is 7. The van der Waals surface area contributed by atoms with Crippen LogP contribution in [-0.2, 0) is 9.53 Å². The number of ether oxygens (including phenoxy) is 1. The minimum Gasteiger partial charge on any atom is -0.462 e. The van der Waals surface area contributed by atoms with Crippen LogP contribution in [0.1, 0.15) is 133 Å². The fraction of sp³-hybridized carbons (Fsp3) is 0.914. The molecule has 0 bridgehead atoms. The van der Waals surface area contributed by atoms with Crippen LogP contribution in [0.15, 0.2) is 12.2 Å². The van der Waals surface area contributed by atoms with E-state index in [1.54, 1.807) is 6.92 Å². The van der Waals surface area contributed by atoms with Gasteiger partial charge in [-0.1, -0.05) is 67.5 Å². The Morgan fingerprint density at radius 2 is 1.54 bits per heavy atom. The molecule has 5 rings (SSSR count). The Bertz CT molecular complexity index is 932. The van der Waals surface area contributed by atoms with Gasteiger partial charge in [0, 0.05) is 12.3 Å². The highest BCUT2D eigenvalue weighted by molar-refractivity contribution is 5.66. The summed E-state index contributed by atoms with van der Waals surface area (Å²) in [6.07, 6.45) is 15.0. The maximum absolute atomic E-state index is 11.9. The van der Waals surface area contributed by atoms with E-state index >= 15 is 0 Å². The lowest BCUT2D eigenvalue weighted by atomic mass is 9.41. The van der Waals surface area contributed by atoms with Crippen molar-refractivity contribution in [1.82, 2.24) is 0 Å². The van der Waals surface area contributed by atoms with Crippen LogP contribution in [0, 0.1) is 62.6 Å². The van der Waals surface area contributed by atoms with Gasteiger partial charge in [0.05, 0.1) is 0 Å². The average Bonchev–Trinajstić information content (AvgIpc) is 3.40. The molecule has 2 heteroatoms. The Morgan fingerprint density at radius 3 is 2.16 bits per heavy atom. The first kappa shape index (κ1) is 27.8. The third kappa shape index (κ3) is 3.65. The van der Waals surface area contributed by atoms with E-state index in [1.807, 2.05) is 0 Å². The smallest absolute Gasteiger partial charge is 0.302 e. The largest absolute Gasteiger partial charge is 0.462 e. The van der Waals surface area contributed by atoms with Gasteiger partial charge in [0.1, 0.15) is 6.10 Å². The van der Waals surface area contributed by atoms with Gasteiger partial charge in [-0.3, -0.25) is 4.79 Å². The predicted molar refractivity (Wildman–Crippen MR) is 154 cm³/mol. The van der Waals surface area contributed by atoms with Gasteiger partial charge in [-0.05, 0) is 128 Å². The highest BCUT2D eigenvalue weighted by Gasteiger charge is 2.82. The van der Waals surface area contributed by atoms with Crippen molar-refractivity contribution < 1.29 is 9.53 Å². The molecule has 37 heavy (non-hydrogen) atoms. The third-order valence-electron chi connectivity index (χ3n) is 14.5. The number of esters is 1. The number of carbonyl (C=O) groups excluding carboxylic acids is 1. The molecule has 210 valence electrons. The lowest BCUT2D eigenvalue weighted by Gasteiger charge is -2.63. The second kappa shape index (κ2) is 8.86. The Kier molecular flexibility index (Phi) is 6.65. The number of fused-ring (bicyclic) bond motifs is 2. The second-order valence-corrected chi connectivity index (χ2v) is 16.2. The van der Waals surface area contributed by atoms with Gasteiger partial charge in [0.2, 0.25) is 0 Å².